The van der Waals surface area contributed by atoms with Crippen LogP contribution in [0.1, 0.15) is 11.5 Å². The van der Waals surface area contributed by atoms with Crippen LogP contribution in [-0.4, -0.2) is 42.5 Å². The molecule has 0 aromatic heterocycles. The van der Waals surface area contributed by atoms with Crippen LogP contribution in [0, 0.1) is 0 Å². The summed E-state index contributed by atoms with van der Waals surface area (Å²) >= 11 is 0. The Morgan fingerprint density at radius 2 is 2.10 bits per heavy atom. The number of para-hydroxylation sites is 1. The van der Waals surface area contributed by atoms with E-state index in [-0.39, 0.29) is 6.54 Å². The molecule has 1 atom stereocenters. The van der Waals surface area contributed by atoms with E-state index in [1.165, 1.54) is 4.90 Å². The van der Waals surface area contributed by atoms with Crippen molar-refractivity contribution in [2.24, 2.45) is 5.73 Å². The molecule has 0 radical (unpaired) electrons. The normalized spacial score (nSPS) is 16.8. The highest BCUT2D eigenvalue weighted by Gasteiger charge is 2.31. The van der Waals surface area contributed by atoms with Crippen molar-refractivity contribution in [2.75, 3.05) is 24.5 Å². The van der Waals surface area contributed by atoms with Crippen molar-refractivity contribution in [1.29, 1.82) is 0 Å². The Morgan fingerprint density at radius 3 is 2.75 bits per heavy atom. The van der Waals surface area contributed by atoms with E-state index in [9.17, 15) is 19.5 Å². The van der Waals surface area contributed by atoms with Gasteiger partial charge < -0.3 is 21.1 Å². The van der Waals surface area contributed by atoms with Crippen molar-refractivity contribution in [3.05, 3.63) is 29.8 Å². The van der Waals surface area contributed by atoms with Crippen LogP contribution in [0.3, 0.4) is 0 Å². The average molecular weight is 277 g/mol. The molecule has 1 aromatic rings. The summed E-state index contributed by atoms with van der Waals surface area (Å²) in [6.45, 7) is 0.554. The monoisotopic (exact) mass is 277 g/mol. The van der Waals surface area contributed by atoms with E-state index in [1.54, 1.807) is 24.3 Å². The maximum absolute atomic E-state index is 11.9. The number of carboxylic acid groups (broad SMARTS) is 1. The lowest BCUT2D eigenvalue weighted by Gasteiger charge is -2.29. The molecule has 1 unspecified atom stereocenters. The zero-order valence-corrected chi connectivity index (χ0v) is 10.7. The lowest BCUT2D eigenvalue weighted by atomic mass is 9.96. The second kappa shape index (κ2) is 5.70. The van der Waals surface area contributed by atoms with Gasteiger partial charge in [0.15, 0.2) is 0 Å². The highest BCUT2D eigenvalue weighted by Crippen LogP contribution is 2.28. The fourth-order valence-electron chi connectivity index (χ4n) is 2.20. The molecule has 7 heteroatoms. The number of piperazine rings is 1. The van der Waals surface area contributed by atoms with E-state index in [1.807, 2.05) is 0 Å². The van der Waals surface area contributed by atoms with Crippen molar-refractivity contribution >= 4 is 23.5 Å². The van der Waals surface area contributed by atoms with Crippen LogP contribution in [0.5, 0.6) is 0 Å². The second-order valence-electron chi connectivity index (χ2n) is 4.40. The standard InChI is InChI=1S/C13H15N3O4/c14-7-9(13(19)20)8-3-1-2-4-10(8)16-6-5-15-11(17)12(16)18/h1-4,9H,5-7,14H2,(H,15,17)(H,19,20). The Hall–Kier alpha value is -2.41. The van der Waals surface area contributed by atoms with Gasteiger partial charge in [0, 0.05) is 25.3 Å². The van der Waals surface area contributed by atoms with E-state index < -0.39 is 23.7 Å². The van der Waals surface area contributed by atoms with E-state index in [2.05, 4.69) is 5.32 Å². The van der Waals surface area contributed by atoms with Gasteiger partial charge in [-0.3, -0.25) is 14.4 Å². The number of carboxylic acids is 1. The Morgan fingerprint density at radius 1 is 1.40 bits per heavy atom. The zero-order valence-electron chi connectivity index (χ0n) is 10.7. The van der Waals surface area contributed by atoms with Crippen molar-refractivity contribution in [2.45, 2.75) is 5.92 Å². The molecule has 2 amide bonds. The van der Waals surface area contributed by atoms with Gasteiger partial charge in [0.25, 0.3) is 0 Å². The van der Waals surface area contributed by atoms with Gasteiger partial charge in [-0.1, -0.05) is 18.2 Å². The topological polar surface area (TPSA) is 113 Å². The highest BCUT2D eigenvalue weighted by atomic mass is 16.4. The Kier molecular flexibility index (Phi) is 3.99. The molecule has 0 spiro atoms. The lowest BCUT2D eigenvalue weighted by molar-refractivity contribution is -0.138. The molecule has 1 fully saturated rings. The third-order valence-corrected chi connectivity index (χ3v) is 3.20. The molecule has 1 heterocycles. The molecular weight excluding hydrogens is 262 g/mol. The van der Waals surface area contributed by atoms with Gasteiger partial charge in [0.2, 0.25) is 0 Å². The number of hydrogen-bond acceptors (Lipinski definition) is 4. The molecule has 1 aliphatic heterocycles. The minimum Gasteiger partial charge on any atom is -0.481 e. The SMILES string of the molecule is NCC(C(=O)O)c1ccccc1N1CCNC(=O)C1=O. The smallest absolute Gasteiger partial charge is 0.316 e. The van der Waals surface area contributed by atoms with Gasteiger partial charge in [-0.2, -0.15) is 0 Å². The van der Waals surface area contributed by atoms with Crippen molar-refractivity contribution < 1.29 is 19.5 Å². The molecule has 106 valence electrons. The summed E-state index contributed by atoms with van der Waals surface area (Å²) in [7, 11) is 0. The lowest BCUT2D eigenvalue weighted by Crippen LogP contribution is -2.52. The maximum atomic E-state index is 11.9. The third-order valence-electron chi connectivity index (χ3n) is 3.20. The van der Waals surface area contributed by atoms with Crippen LogP contribution in [0.15, 0.2) is 24.3 Å². The number of aliphatic carboxylic acids is 1. The Bertz CT molecular complexity index is 558. The number of carbonyl (C=O) groups is 3. The van der Waals surface area contributed by atoms with Crippen molar-refractivity contribution in [1.82, 2.24) is 5.32 Å². The fraction of sp³-hybridized carbons (Fsp3) is 0.308. The van der Waals surface area contributed by atoms with Gasteiger partial charge in [-0.25, -0.2) is 0 Å². The van der Waals surface area contributed by atoms with Gasteiger partial charge >= 0.3 is 17.8 Å². The van der Waals surface area contributed by atoms with Crippen LogP contribution in [0.2, 0.25) is 0 Å². The van der Waals surface area contributed by atoms with Crippen LogP contribution in [0.25, 0.3) is 0 Å². The molecule has 1 aromatic carbocycles. The molecule has 20 heavy (non-hydrogen) atoms. The first-order chi connectivity index (χ1) is 9.56. The van der Waals surface area contributed by atoms with Crippen molar-refractivity contribution in [3.63, 3.8) is 0 Å². The largest absolute Gasteiger partial charge is 0.481 e. The van der Waals surface area contributed by atoms with Gasteiger partial charge in [-0.15, -0.1) is 0 Å². The number of rotatable bonds is 4. The van der Waals surface area contributed by atoms with Crippen LogP contribution < -0.4 is 16.0 Å². The average Bonchev–Trinajstić information content (AvgIpc) is 2.43. The van der Waals surface area contributed by atoms with E-state index in [0.717, 1.165) is 0 Å². The molecule has 0 saturated carbocycles. The Balaban J connectivity index is 2.44. The minimum absolute atomic E-state index is 0.0828. The number of nitrogens with two attached hydrogens (primary N) is 1. The van der Waals surface area contributed by atoms with Crippen LogP contribution in [0.4, 0.5) is 5.69 Å². The summed E-state index contributed by atoms with van der Waals surface area (Å²) in [6, 6.07) is 6.60. The zero-order chi connectivity index (χ0) is 14.7. The molecule has 4 N–H and O–H groups in total. The predicted octanol–water partition coefficient (Wildman–Crippen LogP) is -0.724. The third kappa shape index (κ3) is 2.48. The number of anilines is 1. The maximum Gasteiger partial charge on any atom is 0.316 e. The van der Waals surface area contributed by atoms with Crippen molar-refractivity contribution in [3.8, 4) is 0 Å². The minimum atomic E-state index is -1.06. The summed E-state index contributed by atoms with van der Waals surface area (Å²) in [4.78, 5) is 35.9. The van der Waals surface area contributed by atoms with Crippen LogP contribution >= 0.6 is 0 Å². The molecule has 1 aliphatic rings. The summed E-state index contributed by atoms with van der Waals surface area (Å²) in [5, 5.41) is 11.7. The summed E-state index contributed by atoms with van der Waals surface area (Å²) in [5.41, 5.74) is 6.36. The van der Waals surface area contributed by atoms with Gasteiger partial charge in [0.05, 0.1) is 5.92 Å². The van der Waals surface area contributed by atoms with E-state index in [0.29, 0.717) is 24.3 Å². The second-order valence-corrected chi connectivity index (χ2v) is 4.40. The number of amides is 2. The quantitative estimate of drug-likeness (QED) is 0.628. The first kappa shape index (κ1) is 14.0. The van der Waals surface area contributed by atoms with Crippen LogP contribution in [-0.2, 0) is 14.4 Å². The summed E-state index contributed by atoms with van der Waals surface area (Å²) in [5.74, 6) is -3.35. The predicted molar refractivity (Wildman–Crippen MR) is 71.2 cm³/mol. The molecule has 2 rings (SSSR count). The summed E-state index contributed by atoms with van der Waals surface area (Å²) in [6.07, 6.45) is 0. The molecule has 1 saturated heterocycles. The Labute approximate surface area is 115 Å². The number of carbonyl (C=O) groups excluding carboxylic acids is 2. The summed E-state index contributed by atoms with van der Waals surface area (Å²) < 4.78 is 0. The fourth-order valence-corrected chi connectivity index (χ4v) is 2.20. The number of hydrogen-bond donors (Lipinski definition) is 3. The van der Waals surface area contributed by atoms with E-state index in [4.69, 9.17) is 5.73 Å². The molecule has 0 aliphatic carbocycles. The number of benzene rings is 1. The molecule has 7 nitrogen and oxygen atoms in total. The van der Waals surface area contributed by atoms with E-state index >= 15 is 0 Å². The highest BCUT2D eigenvalue weighted by molar-refractivity contribution is 6.41. The number of nitrogens with one attached hydrogen (secondary N) is 1. The van der Waals surface area contributed by atoms with Gasteiger partial charge in [-0.05, 0) is 11.6 Å². The first-order valence-corrected chi connectivity index (χ1v) is 6.17. The molecular formula is C13H15N3O4. The first-order valence-electron chi connectivity index (χ1n) is 6.17. The molecule has 0 bridgehead atoms. The number of nitrogens with zero attached hydrogens (tertiary/aromatic N) is 1. The van der Waals surface area contributed by atoms with Gasteiger partial charge in [0.1, 0.15) is 0 Å².